The Labute approximate surface area is 117 Å². The van der Waals surface area contributed by atoms with Crippen LogP contribution in [0.2, 0.25) is 0 Å². The molecule has 1 saturated heterocycles. The van der Waals surface area contributed by atoms with E-state index in [9.17, 15) is 14.7 Å². The molecule has 4 unspecified atom stereocenters. The monoisotopic (exact) mass is 289 g/mol. The van der Waals surface area contributed by atoms with Crippen molar-refractivity contribution in [3.63, 3.8) is 0 Å². The van der Waals surface area contributed by atoms with Crippen LogP contribution in [0.5, 0.6) is 0 Å². The number of aliphatic hydroxyl groups is 1. The molecular weight excluding hydrogens is 266 g/mol. The molecule has 0 aromatic rings. The molecule has 0 radical (unpaired) electrons. The van der Waals surface area contributed by atoms with E-state index in [1.807, 2.05) is 0 Å². The van der Waals surface area contributed by atoms with Crippen molar-refractivity contribution in [2.24, 2.45) is 11.5 Å². The van der Waals surface area contributed by atoms with Crippen molar-refractivity contribution < 1.29 is 24.5 Å². The Bertz CT molecular complexity index is 339. The van der Waals surface area contributed by atoms with E-state index >= 15 is 0 Å². The summed E-state index contributed by atoms with van der Waals surface area (Å²) in [5.74, 6) is -1.42. The topological polar surface area (TPSA) is 151 Å². The number of carboxylic acid groups (broad SMARTS) is 1. The van der Waals surface area contributed by atoms with Gasteiger partial charge in [0.15, 0.2) is 6.29 Å². The molecule has 0 aliphatic carbocycles. The lowest BCUT2D eigenvalue weighted by Crippen LogP contribution is -2.48. The molecule has 20 heavy (non-hydrogen) atoms. The zero-order valence-electron chi connectivity index (χ0n) is 11.3. The Morgan fingerprint density at radius 3 is 2.45 bits per heavy atom. The highest BCUT2D eigenvalue weighted by atomic mass is 16.7. The Hall–Kier alpha value is -1.22. The van der Waals surface area contributed by atoms with Gasteiger partial charge < -0.3 is 31.7 Å². The standard InChI is InChI=1S/C12H23N3O5/c13-6-2-1-3-8(10-12(19)20-10)15-11(18)7(14)4-5-9(16)17/h7-8,10,12,19H,1-6,13-14H2,(H,15,18)(H,16,17). The zero-order chi connectivity index (χ0) is 15.1. The number of rotatable bonds is 10. The number of ether oxygens (including phenoxy) is 1. The Kier molecular flexibility index (Phi) is 6.86. The number of hydrogen-bond donors (Lipinski definition) is 5. The smallest absolute Gasteiger partial charge is 0.303 e. The Morgan fingerprint density at radius 1 is 1.30 bits per heavy atom. The molecule has 1 amide bonds. The summed E-state index contributed by atoms with van der Waals surface area (Å²) in [6.07, 6.45) is 0.908. The lowest BCUT2D eigenvalue weighted by atomic mass is 10.0. The van der Waals surface area contributed by atoms with Gasteiger partial charge in [0.25, 0.3) is 0 Å². The van der Waals surface area contributed by atoms with E-state index in [4.69, 9.17) is 21.3 Å². The van der Waals surface area contributed by atoms with E-state index in [0.717, 1.165) is 12.8 Å². The maximum absolute atomic E-state index is 11.8. The second-order valence-electron chi connectivity index (χ2n) is 4.93. The molecule has 1 heterocycles. The van der Waals surface area contributed by atoms with Crippen molar-refractivity contribution in [1.29, 1.82) is 0 Å². The van der Waals surface area contributed by atoms with Gasteiger partial charge in [-0.05, 0) is 25.8 Å². The van der Waals surface area contributed by atoms with Gasteiger partial charge in [-0.15, -0.1) is 0 Å². The molecule has 8 heteroatoms. The number of carbonyl (C=O) groups excluding carboxylic acids is 1. The van der Waals surface area contributed by atoms with Crippen molar-refractivity contribution >= 4 is 11.9 Å². The van der Waals surface area contributed by atoms with Crippen LogP contribution in [0.25, 0.3) is 0 Å². The van der Waals surface area contributed by atoms with Gasteiger partial charge >= 0.3 is 5.97 Å². The number of amides is 1. The lowest BCUT2D eigenvalue weighted by Gasteiger charge is -2.19. The second-order valence-corrected chi connectivity index (χ2v) is 4.93. The van der Waals surface area contributed by atoms with E-state index in [-0.39, 0.29) is 18.9 Å². The summed E-state index contributed by atoms with van der Waals surface area (Å²) in [5, 5.41) is 20.5. The number of aliphatic hydroxyl groups excluding tert-OH is 1. The average Bonchev–Trinajstić information content (AvgIpc) is 3.11. The molecule has 0 saturated carbocycles. The van der Waals surface area contributed by atoms with Crippen LogP contribution in [0.1, 0.15) is 32.1 Å². The number of carbonyl (C=O) groups is 2. The first-order chi connectivity index (χ1) is 9.45. The predicted octanol–water partition coefficient (Wildman–Crippen LogP) is -1.49. The highest BCUT2D eigenvalue weighted by Gasteiger charge is 2.44. The van der Waals surface area contributed by atoms with E-state index in [1.165, 1.54) is 0 Å². The molecule has 1 fully saturated rings. The number of nitrogens with two attached hydrogens (primary N) is 2. The van der Waals surface area contributed by atoms with Crippen LogP contribution in [0.4, 0.5) is 0 Å². The van der Waals surface area contributed by atoms with Crippen molar-refractivity contribution in [3.8, 4) is 0 Å². The minimum atomic E-state index is -0.992. The summed E-state index contributed by atoms with van der Waals surface area (Å²) in [6, 6.07) is -1.20. The molecule has 1 aliphatic rings. The summed E-state index contributed by atoms with van der Waals surface area (Å²) >= 11 is 0. The molecule has 116 valence electrons. The molecule has 0 bridgehead atoms. The van der Waals surface area contributed by atoms with Crippen LogP contribution >= 0.6 is 0 Å². The summed E-state index contributed by atoms with van der Waals surface area (Å²) in [5.41, 5.74) is 11.0. The average molecular weight is 289 g/mol. The number of unbranched alkanes of at least 4 members (excludes halogenated alkanes) is 1. The fourth-order valence-corrected chi connectivity index (χ4v) is 1.94. The van der Waals surface area contributed by atoms with Crippen molar-refractivity contribution in [2.75, 3.05) is 6.54 Å². The quantitative estimate of drug-likeness (QED) is 0.243. The van der Waals surface area contributed by atoms with E-state index < -0.39 is 30.3 Å². The number of aliphatic carboxylic acids is 1. The summed E-state index contributed by atoms with van der Waals surface area (Å²) in [6.45, 7) is 0.562. The molecule has 7 N–H and O–H groups in total. The van der Waals surface area contributed by atoms with Crippen LogP contribution in [0, 0.1) is 0 Å². The fraction of sp³-hybridized carbons (Fsp3) is 0.833. The van der Waals surface area contributed by atoms with Gasteiger partial charge in [-0.25, -0.2) is 0 Å². The van der Waals surface area contributed by atoms with Crippen LogP contribution in [0.15, 0.2) is 0 Å². The van der Waals surface area contributed by atoms with Gasteiger partial charge in [0.2, 0.25) is 5.91 Å². The number of nitrogens with one attached hydrogen (secondary N) is 1. The van der Waals surface area contributed by atoms with E-state index in [1.54, 1.807) is 0 Å². The summed E-state index contributed by atoms with van der Waals surface area (Å²) in [4.78, 5) is 22.3. The Balaban J connectivity index is 2.38. The van der Waals surface area contributed by atoms with Crippen molar-refractivity contribution in [1.82, 2.24) is 5.32 Å². The molecule has 0 spiro atoms. The summed E-state index contributed by atoms with van der Waals surface area (Å²) in [7, 11) is 0. The van der Waals surface area contributed by atoms with Gasteiger partial charge in [0.05, 0.1) is 12.1 Å². The van der Waals surface area contributed by atoms with Gasteiger partial charge in [0, 0.05) is 6.42 Å². The number of epoxide rings is 1. The van der Waals surface area contributed by atoms with E-state index in [0.29, 0.717) is 13.0 Å². The van der Waals surface area contributed by atoms with Crippen LogP contribution in [-0.2, 0) is 14.3 Å². The molecular formula is C12H23N3O5. The third-order valence-electron chi connectivity index (χ3n) is 3.20. The largest absolute Gasteiger partial charge is 0.481 e. The minimum Gasteiger partial charge on any atom is -0.481 e. The van der Waals surface area contributed by atoms with Gasteiger partial charge in [-0.3, -0.25) is 9.59 Å². The van der Waals surface area contributed by atoms with Crippen molar-refractivity contribution in [2.45, 2.75) is 56.6 Å². The summed E-state index contributed by atoms with van der Waals surface area (Å²) < 4.78 is 4.96. The SMILES string of the molecule is NCCCCC(NC(=O)C(N)CCC(=O)O)C1OC1O. The zero-order valence-corrected chi connectivity index (χ0v) is 11.3. The normalized spacial score (nSPS) is 23.9. The van der Waals surface area contributed by atoms with Gasteiger partial charge in [-0.1, -0.05) is 6.42 Å². The predicted molar refractivity (Wildman–Crippen MR) is 70.6 cm³/mol. The van der Waals surface area contributed by atoms with E-state index in [2.05, 4.69) is 5.32 Å². The molecule has 0 aromatic heterocycles. The second kappa shape index (κ2) is 8.15. The van der Waals surface area contributed by atoms with Gasteiger partial charge in [0.1, 0.15) is 6.10 Å². The number of carboxylic acids is 1. The third-order valence-corrected chi connectivity index (χ3v) is 3.20. The third kappa shape index (κ3) is 5.83. The van der Waals surface area contributed by atoms with Crippen LogP contribution < -0.4 is 16.8 Å². The Morgan fingerprint density at radius 2 is 1.95 bits per heavy atom. The maximum atomic E-state index is 11.8. The lowest BCUT2D eigenvalue weighted by molar-refractivity contribution is -0.137. The first kappa shape index (κ1) is 16.8. The van der Waals surface area contributed by atoms with Crippen molar-refractivity contribution in [3.05, 3.63) is 0 Å². The molecule has 1 rings (SSSR count). The molecule has 4 atom stereocenters. The fourth-order valence-electron chi connectivity index (χ4n) is 1.94. The number of hydrogen-bond acceptors (Lipinski definition) is 6. The highest BCUT2D eigenvalue weighted by molar-refractivity contribution is 5.82. The highest BCUT2D eigenvalue weighted by Crippen LogP contribution is 2.25. The molecule has 0 aromatic carbocycles. The van der Waals surface area contributed by atoms with Crippen LogP contribution in [-0.4, -0.2) is 53.1 Å². The van der Waals surface area contributed by atoms with Gasteiger partial charge in [-0.2, -0.15) is 0 Å². The first-order valence-electron chi connectivity index (χ1n) is 6.77. The minimum absolute atomic E-state index is 0.0742. The van der Waals surface area contributed by atoms with Crippen LogP contribution in [0.3, 0.4) is 0 Å². The maximum Gasteiger partial charge on any atom is 0.303 e. The first-order valence-corrected chi connectivity index (χ1v) is 6.77. The molecule has 1 aliphatic heterocycles. The molecule has 8 nitrogen and oxygen atoms in total.